The van der Waals surface area contributed by atoms with Crippen molar-refractivity contribution in [3.8, 4) is 11.5 Å². The Kier molecular flexibility index (Phi) is 8.44. The highest BCUT2D eigenvalue weighted by Crippen LogP contribution is 2.26. The van der Waals surface area contributed by atoms with Gasteiger partial charge in [-0.1, -0.05) is 24.3 Å². The normalized spacial score (nSPS) is 11.9. The Balaban J connectivity index is 1.52. The van der Waals surface area contributed by atoms with E-state index in [4.69, 9.17) is 9.47 Å². The Morgan fingerprint density at radius 1 is 1.13 bits per heavy atom. The summed E-state index contributed by atoms with van der Waals surface area (Å²) < 4.78 is 11.4. The number of imidazole rings is 1. The molecule has 6 nitrogen and oxygen atoms in total. The molecule has 0 unspecified atom stereocenters. The summed E-state index contributed by atoms with van der Waals surface area (Å²) in [6.07, 6.45) is 3.91. The van der Waals surface area contributed by atoms with Gasteiger partial charge in [0, 0.05) is 6.42 Å². The number of para-hydroxylation sites is 4. The first kappa shape index (κ1) is 22.0. The highest BCUT2D eigenvalue weighted by Gasteiger charge is 2.18. The predicted molar refractivity (Wildman–Crippen MR) is 122 cm³/mol. The van der Waals surface area contributed by atoms with E-state index in [1.54, 1.807) is 11.8 Å². The smallest absolute Gasteiger partial charge is 0.220 e. The molecule has 0 saturated heterocycles. The van der Waals surface area contributed by atoms with E-state index in [2.05, 4.69) is 21.5 Å². The second kappa shape index (κ2) is 11.5. The van der Waals surface area contributed by atoms with E-state index in [1.165, 1.54) is 0 Å². The minimum absolute atomic E-state index is 0.00301. The van der Waals surface area contributed by atoms with Crippen molar-refractivity contribution in [1.29, 1.82) is 0 Å². The Morgan fingerprint density at radius 3 is 2.60 bits per heavy atom. The van der Waals surface area contributed by atoms with Gasteiger partial charge in [0.15, 0.2) is 11.5 Å². The van der Waals surface area contributed by atoms with E-state index in [0.717, 1.165) is 34.8 Å². The standard InChI is InChI=1S/C23H29N3O3S/c1-3-28-20-11-6-7-12-21(20)29-15-8-13-22(27)24-19(14-16-30-2)23-25-17-9-4-5-10-18(17)26-23/h4-7,9-12,19H,3,8,13-16H2,1-2H3,(H,24,27)(H,25,26)/t19-/m1/s1. The Bertz CT molecular complexity index is 911. The van der Waals surface area contributed by atoms with Gasteiger partial charge in [0.05, 0.1) is 30.3 Å². The number of nitrogens with zero attached hydrogens (tertiary/aromatic N) is 1. The second-order valence-electron chi connectivity index (χ2n) is 6.87. The fourth-order valence-corrected chi connectivity index (χ4v) is 3.65. The van der Waals surface area contributed by atoms with E-state index in [0.29, 0.717) is 31.8 Å². The summed E-state index contributed by atoms with van der Waals surface area (Å²) in [6.45, 7) is 2.98. The molecular weight excluding hydrogens is 398 g/mol. The summed E-state index contributed by atoms with van der Waals surface area (Å²) in [5, 5.41) is 3.13. The van der Waals surface area contributed by atoms with Crippen LogP contribution in [0.1, 0.15) is 38.1 Å². The minimum Gasteiger partial charge on any atom is -0.490 e. The van der Waals surface area contributed by atoms with Crippen LogP contribution >= 0.6 is 11.8 Å². The topological polar surface area (TPSA) is 76.2 Å². The molecule has 0 saturated carbocycles. The average Bonchev–Trinajstić information content (AvgIpc) is 3.19. The Labute approximate surface area is 181 Å². The maximum atomic E-state index is 12.5. The summed E-state index contributed by atoms with van der Waals surface area (Å²) in [5.74, 6) is 3.19. The van der Waals surface area contributed by atoms with Crippen molar-refractivity contribution in [3.05, 3.63) is 54.4 Å². The Hall–Kier alpha value is -2.67. The van der Waals surface area contributed by atoms with Crippen LogP contribution in [-0.4, -0.2) is 41.1 Å². The molecule has 0 bridgehead atoms. The largest absolute Gasteiger partial charge is 0.490 e. The number of benzene rings is 2. The lowest BCUT2D eigenvalue weighted by Gasteiger charge is -2.16. The lowest BCUT2D eigenvalue weighted by Crippen LogP contribution is -2.29. The third-order valence-corrected chi connectivity index (χ3v) is 5.28. The molecule has 1 aromatic heterocycles. The molecule has 2 aromatic carbocycles. The van der Waals surface area contributed by atoms with Gasteiger partial charge in [-0.25, -0.2) is 4.98 Å². The maximum Gasteiger partial charge on any atom is 0.220 e. The number of rotatable bonds is 12. The molecule has 2 N–H and O–H groups in total. The van der Waals surface area contributed by atoms with Gasteiger partial charge in [-0.3, -0.25) is 4.79 Å². The van der Waals surface area contributed by atoms with Crippen LogP contribution in [0.2, 0.25) is 0 Å². The molecule has 3 aromatic rings. The minimum atomic E-state index is -0.128. The number of H-pyrrole nitrogens is 1. The number of amides is 1. The average molecular weight is 428 g/mol. The number of nitrogens with one attached hydrogen (secondary N) is 2. The zero-order valence-corrected chi connectivity index (χ0v) is 18.3. The first-order chi connectivity index (χ1) is 14.7. The van der Waals surface area contributed by atoms with Crippen LogP contribution in [0.4, 0.5) is 0 Å². The molecule has 0 radical (unpaired) electrons. The predicted octanol–water partition coefficient (Wildman–Crippen LogP) is 4.73. The highest BCUT2D eigenvalue weighted by atomic mass is 32.2. The van der Waals surface area contributed by atoms with Crippen LogP contribution in [0.5, 0.6) is 11.5 Å². The molecule has 3 rings (SSSR count). The van der Waals surface area contributed by atoms with Gasteiger partial charge in [0.1, 0.15) is 5.82 Å². The van der Waals surface area contributed by atoms with Gasteiger partial charge in [-0.2, -0.15) is 11.8 Å². The zero-order valence-electron chi connectivity index (χ0n) is 17.5. The molecule has 160 valence electrons. The summed E-state index contributed by atoms with van der Waals surface area (Å²) >= 11 is 1.76. The van der Waals surface area contributed by atoms with Crippen LogP contribution in [0.3, 0.4) is 0 Å². The number of carbonyl (C=O) groups is 1. The lowest BCUT2D eigenvalue weighted by molar-refractivity contribution is -0.122. The van der Waals surface area contributed by atoms with E-state index >= 15 is 0 Å². The van der Waals surface area contributed by atoms with Crippen LogP contribution in [-0.2, 0) is 4.79 Å². The second-order valence-corrected chi connectivity index (χ2v) is 7.86. The molecule has 0 aliphatic heterocycles. The third-order valence-electron chi connectivity index (χ3n) is 4.64. The quantitative estimate of drug-likeness (QED) is 0.409. The number of aromatic nitrogens is 2. The number of hydrogen-bond acceptors (Lipinski definition) is 5. The third kappa shape index (κ3) is 6.16. The first-order valence-electron chi connectivity index (χ1n) is 10.3. The summed E-state index contributed by atoms with van der Waals surface area (Å²) in [7, 11) is 0. The van der Waals surface area contributed by atoms with Crippen LogP contribution in [0.15, 0.2) is 48.5 Å². The van der Waals surface area contributed by atoms with Crippen LogP contribution in [0.25, 0.3) is 11.0 Å². The number of carbonyl (C=O) groups excluding carboxylic acids is 1. The van der Waals surface area contributed by atoms with Crippen molar-refractivity contribution in [1.82, 2.24) is 15.3 Å². The van der Waals surface area contributed by atoms with Crippen molar-refractivity contribution in [2.75, 3.05) is 25.2 Å². The first-order valence-corrected chi connectivity index (χ1v) is 11.7. The maximum absolute atomic E-state index is 12.5. The van der Waals surface area contributed by atoms with Gasteiger partial charge >= 0.3 is 0 Å². The van der Waals surface area contributed by atoms with E-state index in [-0.39, 0.29) is 11.9 Å². The molecule has 1 heterocycles. The van der Waals surface area contributed by atoms with E-state index < -0.39 is 0 Å². The van der Waals surface area contributed by atoms with Crippen molar-refractivity contribution in [3.63, 3.8) is 0 Å². The number of aromatic amines is 1. The van der Waals surface area contributed by atoms with Crippen molar-refractivity contribution < 1.29 is 14.3 Å². The monoisotopic (exact) mass is 427 g/mol. The van der Waals surface area contributed by atoms with Crippen molar-refractivity contribution in [2.24, 2.45) is 0 Å². The molecule has 7 heteroatoms. The van der Waals surface area contributed by atoms with Crippen LogP contribution in [0, 0.1) is 0 Å². The fourth-order valence-electron chi connectivity index (χ4n) is 3.18. The fraction of sp³-hybridized carbons (Fsp3) is 0.391. The van der Waals surface area contributed by atoms with E-state index in [9.17, 15) is 4.79 Å². The van der Waals surface area contributed by atoms with Gasteiger partial charge in [-0.15, -0.1) is 0 Å². The number of thioether (sulfide) groups is 1. The lowest BCUT2D eigenvalue weighted by atomic mass is 10.2. The SMILES string of the molecule is CCOc1ccccc1OCCCC(=O)N[C@H](CCSC)c1nc2ccccc2[nH]1. The number of fused-ring (bicyclic) bond motifs is 1. The van der Waals surface area contributed by atoms with Crippen LogP contribution < -0.4 is 14.8 Å². The molecule has 0 aliphatic rings. The van der Waals surface area contributed by atoms with E-state index in [1.807, 2.05) is 55.5 Å². The zero-order chi connectivity index (χ0) is 21.2. The molecule has 1 atom stereocenters. The number of hydrogen-bond donors (Lipinski definition) is 2. The molecule has 0 spiro atoms. The highest BCUT2D eigenvalue weighted by molar-refractivity contribution is 7.98. The summed E-state index contributed by atoms with van der Waals surface area (Å²) in [4.78, 5) is 20.6. The molecule has 0 fully saturated rings. The van der Waals surface area contributed by atoms with Crippen molar-refractivity contribution >= 4 is 28.7 Å². The van der Waals surface area contributed by atoms with Gasteiger partial charge in [0.2, 0.25) is 5.91 Å². The Morgan fingerprint density at radius 2 is 1.87 bits per heavy atom. The van der Waals surface area contributed by atoms with Gasteiger partial charge in [-0.05, 0) is 56.0 Å². The van der Waals surface area contributed by atoms with Gasteiger partial charge in [0.25, 0.3) is 0 Å². The molecular formula is C23H29N3O3S. The summed E-state index contributed by atoms with van der Waals surface area (Å²) in [6, 6.07) is 15.4. The molecule has 0 aliphatic carbocycles. The molecule has 30 heavy (non-hydrogen) atoms. The number of ether oxygens (including phenoxy) is 2. The van der Waals surface area contributed by atoms with Crippen molar-refractivity contribution in [2.45, 2.75) is 32.2 Å². The molecule has 1 amide bonds. The van der Waals surface area contributed by atoms with Gasteiger partial charge < -0.3 is 19.8 Å². The summed E-state index contributed by atoms with van der Waals surface area (Å²) in [5.41, 5.74) is 1.90.